The van der Waals surface area contributed by atoms with Gasteiger partial charge in [0.15, 0.2) is 0 Å². The van der Waals surface area contributed by atoms with Crippen LogP contribution in [0.4, 0.5) is 14.4 Å². The van der Waals surface area contributed by atoms with Gasteiger partial charge in [0.1, 0.15) is 34.2 Å². The molecule has 0 saturated carbocycles. The van der Waals surface area contributed by atoms with Crippen LogP contribution in [-0.4, -0.2) is 131 Å². The second-order valence-corrected chi connectivity index (χ2v) is 20.1. The van der Waals surface area contributed by atoms with E-state index in [1.807, 2.05) is 20.8 Å². The summed E-state index contributed by atoms with van der Waals surface area (Å²) in [6.45, 7) is 17.9. The Bertz CT molecular complexity index is 2120. The van der Waals surface area contributed by atoms with Gasteiger partial charge in [-0.3, -0.25) is 0 Å². The topological polar surface area (TPSA) is 203 Å². The Morgan fingerprint density at radius 2 is 0.797 bits per heavy atom. The molecule has 0 saturated heterocycles. The number of carboxylic acid groups (broad SMARTS) is 1. The molecule has 2 radical (unpaired) electrons. The van der Waals surface area contributed by atoms with Crippen molar-refractivity contribution in [1.29, 1.82) is 0 Å². The van der Waals surface area contributed by atoms with Crippen LogP contribution >= 0.6 is 0 Å². The maximum atomic E-state index is 12.2. The van der Waals surface area contributed by atoms with Gasteiger partial charge in [-0.05, 0) is 117 Å². The summed E-state index contributed by atoms with van der Waals surface area (Å²) in [5.74, 6) is 10.2. The van der Waals surface area contributed by atoms with Crippen molar-refractivity contribution < 1.29 is 67.0 Å². The number of hydrogen-bond acceptors (Lipinski definition) is 13. The molecule has 2 amide bonds. The van der Waals surface area contributed by atoms with Crippen molar-refractivity contribution in [2.75, 3.05) is 33.5 Å². The minimum atomic E-state index is -1.11. The molecule has 408 valence electrons. The number of unbranched alkanes of at least 4 members (excludes halogenated alkanes) is 8. The number of nitrogens with one attached hydrogen (secondary N) is 2. The van der Waals surface area contributed by atoms with E-state index in [2.05, 4.69) is 34.3 Å². The number of benzene rings is 2. The van der Waals surface area contributed by atoms with Gasteiger partial charge in [-0.15, -0.1) is 49.4 Å². The number of terminal acetylenes is 4. The van der Waals surface area contributed by atoms with E-state index in [1.165, 1.54) is 19.2 Å². The molecule has 0 fully saturated rings. The molecule has 0 spiro atoms. The molecule has 0 aliphatic rings. The zero-order chi connectivity index (χ0) is 55.5. The summed E-state index contributed by atoms with van der Waals surface area (Å²) in [6.07, 6.45) is 28.7. The molecule has 18 heteroatoms. The van der Waals surface area contributed by atoms with Crippen molar-refractivity contribution in [3.8, 4) is 72.4 Å². The Labute approximate surface area is 471 Å². The molecule has 0 aliphatic carbocycles. The normalized spacial score (nSPS) is 10.4. The number of aromatic carboxylic acids is 1. The van der Waals surface area contributed by atoms with E-state index >= 15 is 0 Å². The first-order valence-corrected chi connectivity index (χ1v) is 25.5. The van der Waals surface area contributed by atoms with Gasteiger partial charge in [0, 0.05) is 25.7 Å². The van der Waals surface area contributed by atoms with Crippen LogP contribution in [0.1, 0.15) is 171 Å². The first kappa shape index (κ1) is 70.5. The fourth-order valence-corrected chi connectivity index (χ4v) is 6.61. The molecule has 0 heterocycles. The molecule has 2 rings (SSSR count). The number of amides is 2. The standard InChI is InChI=1S/C26H35NO6.C25H33NO6.C5H9O2.2Sb.3H/c1-7-9-11-13-15-31-22-17-20(24(28)30-6)18-23(32-16-14-12-10-8-2)21(22)19-27-25(29)33-26(3,4)5;1-6-8-10-12-14-30-21-16-19(23(27)28)17-22(31-15-13-11-9-7-2)20(21)18-26-24(29)32-25(3,4)5;1-5(2,3)7-4-6;;;;;/h1-2,17-18H,9-16,19H2,3-6H3,(H,27,29);1-2,16-17H,8-15,18H2,3-5H3,(H,26,29)(H,27,28);1-3H3;;;;;. The predicted molar refractivity (Wildman–Crippen MR) is 292 cm³/mol. The second kappa shape index (κ2) is 39.0. The molecule has 2 aromatic rings. The molecule has 0 atom stereocenters. The van der Waals surface area contributed by atoms with Gasteiger partial charge in [-0.25, -0.2) is 19.2 Å². The van der Waals surface area contributed by atoms with E-state index in [4.69, 9.17) is 63.6 Å². The quantitative estimate of drug-likeness (QED) is 0.0264. The van der Waals surface area contributed by atoms with Gasteiger partial charge in [0.05, 0.1) is 68.9 Å². The maximum absolute atomic E-state index is 12.2. The number of rotatable bonds is 26. The summed E-state index contributed by atoms with van der Waals surface area (Å²) < 4.78 is 43.8. The number of esters is 1. The number of hydrogen-bond donors (Lipinski definition) is 3. The van der Waals surface area contributed by atoms with Crippen molar-refractivity contribution in [3.63, 3.8) is 0 Å². The fraction of sp³-hybridized carbons (Fsp3) is 0.554. The first-order valence-electron chi connectivity index (χ1n) is 24.1. The van der Waals surface area contributed by atoms with E-state index < -0.39 is 35.3 Å². The molecule has 0 aromatic heterocycles. The zero-order valence-electron chi connectivity index (χ0n) is 45.2. The average molecular weight is 1250 g/mol. The second-order valence-electron chi connectivity index (χ2n) is 19.0. The van der Waals surface area contributed by atoms with Crippen LogP contribution < -0.4 is 29.6 Å². The van der Waals surface area contributed by atoms with Gasteiger partial charge in [-0.2, -0.15) is 0 Å². The summed E-state index contributed by atoms with van der Waals surface area (Å²) >= 11 is 0.812. The van der Waals surface area contributed by atoms with Crippen LogP contribution in [0.5, 0.6) is 23.0 Å². The third-order valence-electron chi connectivity index (χ3n) is 8.91. The van der Waals surface area contributed by atoms with Crippen molar-refractivity contribution in [2.45, 2.75) is 169 Å². The van der Waals surface area contributed by atoms with E-state index in [1.54, 1.807) is 53.7 Å². The number of methoxy groups -OCH3 is 1. The summed E-state index contributed by atoms with van der Waals surface area (Å²) in [6, 6.07) is 6.04. The predicted octanol–water partition coefficient (Wildman–Crippen LogP) is 9.54. The Hall–Kier alpha value is -5.53. The summed E-state index contributed by atoms with van der Waals surface area (Å²) in [5, 5.41) is 14.9. The Balaban J connectivity index is 0. The van der Waals surface area contributed by atoms with E-state index in [0.717, 1.165) is 61.5 Å². The van der Waals surface area contributed by atoms with Crippen LogP contribution in [0.3, 0.4) is 0 Å². The Kier molecular flexibility index (Phi) is 37.1. The van der Waals surface area contributed by atoms with E-state index in [0.29, 0.717) is 99.1 Å². The van der Waals surface area contributed by atoms with Crippen molar-refractivity contribution in [3.05, 3.63) is 46.5 Å². The van der Waals surface area contributed by atoms with Gasteiger partial charge >= 0.3 is 111 Å². The summed E-state index contributed by atoms with van der Waals surface area (Å²) in [5.41, 5.74) is -0.132. The van der Waals surface area contributed by atoms with Crippen molar-refractivity contribution in [1.82, 2.24) is 10.6 Å². The molecule has 74 heavy (non-hydrogen) atoms. The fourth-order valence-electron chi connectivity index (χ4n) is 5.73. The van der Waals surface area contributed by atoms with Crippen LogP contribution in [-0.2, 0) is 32.0 Å². The van der Waals surface area contributed by atoms with E-state index in [-0.39, 0.29) is 58.2 Å². The zero-order valence-corrected chi connectivity index (χ0v) is 51.3. The molecule has 0 unspecified atom stereocenters. The van der Waals surface area contributed by atoms with Gasteiger partial charge in [0.25, 0.3) is 0 Å². The number of carbonyl (C=O) groups is 5. The van der Waals surface area contributed by atoms with Crippen molar-refractivity contribution in [2.24, 2.45) is 0 Å². The SMILES string of the molecule is C#CCCCCOc1cc(C(=O)O)cc(OCCCCC#C)c1CNC(=O)OC(C)(C)C.C#CCCCCOc1cc(C(=O)OC)cc(OCCCCC#C)c1CNC(=O)OC(C)(C)C.CC(C)(C)O[C](=O)[SbH].[SbH2]. The number of ether oxygens (including phenoxy) is 8. The number of carbonyl (C=O) groups excluding carboxylic acids is 4. The number of carboxylic acids is 1. The minimum absolute atomic E-state index is 0. The van der Waals surface area contributed by atoms with Crippen LogP contribution in [0, 0.1) is 49.4 Å². The molecular formula is C56H80N2O14Sb2. The third kappa shape index (κ3) is 35.6. The molecule has 0 aliphatic heterocycles. The van der Waals surface area contributed by atoms with Gasteiger partial charge in [-0.1, -0.05) is 0 Å². The summed E-state index contributed by atoms with van der Waals surface area (Å²) in [4.78, 5) is 58.5. The average Bonchev–Trinajstić information content (AvgIpc) is 3.28. The summed E-state index contributed by atoms with van der Waals surface area (Å²) in [7, 11) is 1.31. The van der Waals surface area contributed by atoms with Crippen molar-refractivity contribution >= 4 is 75.5 Å². The Morgan fingerprint density at radius 1 is 0.514 bits per heavy atom. The molecular weight excluding hydrogens is 1170 g/mol. The van der Waals surface area contributed by atoms with E-state index in [9.17, 15) is 29.1 Å². The molecule has 3 N–H and O–H groups in total. The van der Waals surface area contributed by atoms with Gasteiger partial charge < -0.3 is 48.9 Å². The van der Waals surface area contributed by atoms with Crippen LogP contribution in [0.2, 0.25) is 0 Å². The van der Waals surface area contributed by atoms with Gasteiger partial charge in [0.2, 0.25) is 0 Å². The van der Waals surface area contributed by atoms with Crippen LogP contribution in [0.25, 0.3) is 0 Å². The first-order chi connectivity index (χ1) is 34.3. The monoisotopic (exact) mass is 1250 g/mol. The molecule has 16 nitrogen and oxygen atoms in total. The molecule has 0 bridgehead atoms. The third-order valence-corrected chi connectivity index (χ3v) is 9.20. The molecule has 2 aromatic carbocycles. The number of alkyl carbamates (subject to hydrolysis) is 2. The van der Waals surface area contributed by atoms with Crippen LogP contribution in [0.15, 0.2) is 24.3 Å². The Morgan fingerprint density at radius 3 is 1.01 bits per heavy atom.